The van der Waals surface area contributed by atoms with Crippen molar-refractivity contribution in [3.05, 3.63) is 30.5 Å². The number of hydrogen-bond acceptors (Lipinski definition) is 5. The lowest BCUT2D eigenvalue weighted by molar-refractivity contribution is 0.607. The monoisotopic (exact) mass is 308 g/mol. The standard InChI is InChI=1S/C17H20N6/c1-17(2,3)10-20-14-12(18-4)9-13-16(22-14)23-15(21-13)11-7-5-6-8-19-11/h5-10,18H,1-4H3,(H,21,22,23). The molecule has 0 radical (unpaired) electrons. The summed E-state index contributed by atoms with van der Waals surface area (Å²) < 4.78 is 0. The van der Waals surface area contributed by atoms with Crippen LogP contribution in [0.25, 0.3) is 22.7 Å². The minimum Gasteiger partial charge on any atom is -0.385 e. The number of aliphatic imine (C=N–C) groups is 1. The van der Waals surface area contributed by atoms with Gasteiger partial charge in [0.15, 0.2) is 17.3 Å². The van der Waals surface area contributed by atoms with Crippen molar-refractivity contribution in [1.82, 2.24) is 19.9 Å². The smallest absolute Gasteiger partial charge is 0.180 e. The van der Waals surface area contributed by atoms with Crippen molar-refractivity contribution < 1.29 is 0 Å². The van der Waals surface area contributed by atoms with E-state index >= 15 is 0 Å². The molecule has 0 aliphatic carbocycles. The Hall–Kier alpha value is -2.76. The van der Waals surface area contributed by atoms with Crippen molar-refractivity contribution in [3.63, 3.8) is 0 Å². The highest BCUT2D eigenvalue weighted by Gasteiger charge is 2.12. The number of H-pyrrole nitrogens is 1. The SMILES string of the molecule is CNc1cc2[nH]c(-c3ccccn3)nc2nc1N=CC(C)(C)C. The van der Waals surface area contributed by atoms with E-state index in [1.54, 1.807) is 6.20 Å². The van der Waals surface area contributed by atoms with Crippen molar-refractivity contribution in [2.24, 2.45) is 10.4 Å². The van der Waals surface area contributed by atoms with Crippen LogP contribution in [0.2, 0.25) is 0 Å². The van der Waals surface area contributed by atoms with Crippen molar-refractivity contribution in [2.75, 3.05) is 12.4 Å². The number of pyridine rings is 2. The third-order valence-corrected chi connectivity index (χ3v) is 3.20. The van der Waals surface area contributed by atoms with E-state index < -0.39 is 0 Å². The molecule has 0 bridgehead atoms. The van der Waals surface area contributed by atoms with Gasteiger partial charge in [0, 0.05) is 19.5 Å². The lowest BCUT2D eigenvalue weighted by Gasteiger charge is -2.10. The summed E-state index contributed by atoms with van der Waals surface area (Å²) >= 11 is 0. The molecule has 0 saturated heterocycles. The maximum Gasteiger partial charge on any atom is 0.180 e. The summed E-state index contributed by atoms with van der Waals surface area (Å²) in [7, 11) is 1.86. The normalized spacial score (nSPS) is 12.2. The summed E-state index contributed by atoms with van der Waals surface area (Å²) in [6.45, 7) is 6.30. The summed E-state index contributed by atoms with van der Waals surface area (Å²) in [5.41, 5.74) is 3.12. The fraction of sp³-hybridized carbons (Fsp3) is 0.294. The van der Waals surface area contributed by atoms with Gasteiger partial charge in [-0.2, -0.15) is 0 Å². The minimum atomic E-state index is -0.00760. The molecular weight excluding hydrogens is 288 g/mol. The molecule has 0 atom stereocenters. The van der Waals surface area contributed by atoms with Gasteiger partial charge in [-0.15, -0.1) is 0 Å². The van der Waals surface area contributed by atoms with Crippen molar-refractivity contribution >= 4 is 28.9 Å². The highest BCUT2D eigenvalue weighted by Crippen LogP contribution is 2.28. The number of aromatic amines is 1. The molecule has 23 heavy (non-hydrogen) atoms. The molecule has 3 heterocycles. The second-order valence-electron chi connectivity index (χ2n) is 6.41. The number of nitrogens with one attached hydrogen (secondary N) is 2. The van der Waals surface area contributed by atoms with Crippen molar-refractivity contribution in [1.29, 1.82) is 0 Å². The van der Waals surface area contributed by atoms with Crippen LogP contribution in [-0.4, -0.2) is 33.2 Å². The molecule has 0 aromatic carbocycles. The number of hydrogen-bond donors (Lipinski definition) is 2. The van der Waals surface area contributed by atoms with Gasteiger partial charge in [-0.1, -0.05) is 26.8 Å². The average Bonchev–Trinajstić information content (AvgIpc) is 2.95. The summed E-state index contributed by atoms with van der Waals surface area (Å²) in [5.74, 6) is 1.33. The average molecular weight is 308 g/mol. The van der Waals surface area contributed by atoms with Crippen molar-refractivity contribution in [2.45, 2.75) is 20.8 Å². The summed E-state index contributed by atoms with van der Waals surface area (Å²) in [5, 5.41) is 3.13. The van der Waals surface area contributed by atoms with Crippen LogP contribution in [0.3, 0.4) is 0 Å². The lowest BCUT2D eigenvalue weighted by atomic mass is 9.99. The largest absolute Gasteiger partial charge is 0.385 e. The van der Waals surface area contributed by atoms with Crippen LogP contribution in [-0.2, 0) is 0 Å². The van der Waals surface area contributed by atoms with E-state index in [2.05, 4.69) is 51.0 Å². The second kappa shape index (κ2) is 5.79. The Morgan fingerprint density at radius 1 is 1.22 bits per heavy atom. The van der Waals surface area contributed by atoms with Crippen LogP contribution in [0.1, 0.15) is 20.8 Å². The first kappa shape index (κ1) is 15.1. The van der Waals surface area contributed by atoms with Gasteiger partial charge in [-0.3, -0.25) is 4.98 Å². The Labute approximate surface area is 135 Å². The number of rotatable bonds is 3. The van der Waals surface area contributed by atoms with Gasteiger partial charge in [0.05, 0.1) is 11.2 Å². The summed E-state index contributed by atoms with van der Waals surface area (Å²) in [6, 6.07) is 7.69. The van der Waals surface area contributed by atoms with Gasteiger partial charge in [0.25, 0.3) is 0 Å². The Kier molecular flexibility index (Phi) is 3.82. The molecule has 0 spiro atoms. The Bertz CT molecular complexity index is 843. The molecule has 6 nitrogen and oxygen atoms in total. The Balaban J connectivity index is 2.08. The molecule has 0 fully saturated rings. The van der Waals surface area contributed by atoms with E-state index in [-0.39, 0.29) is 5.41 Å². The number of anilines is 1. The highest BCUT2D eigenvalue weighted by atomic mass is 15.1. The molecule has 118 valence electrons. The summed E-state index contributed by atoms with van der Waals surface area (Å²) in [6.07, 6.45) is 3.64. The first-order valence-corrected chi connectivity index (χ1v) is 7.51. The number of nitrogens with zero attached hydrogens (tertiary/aromatic N) is 4. The molecule has 3 rings (SSSR count). The predicted octanol–water partition coefficient (Wildman–Crippen LogP) is 3.81. The van der Waals surface area contributed by atoms with Crippen molar-refractivity contribution in [3.8, 4) is 11.5 Å². The van der Waals surface area contributed by atoms with Gasteiger partial charge in [0.1, 0.15) is 5.69 Å². The van der Waals surface area contributed by atoms with E-state index in [9.17, 15) is 0 Å². The molecule has 2 N–H and O–H groups in total. The molecule has 0 aliphatic rings. The number of fused-ring (bicyclic) bond motifs is 1. The number of imidazole rings is 1. The molecule has 0 unspecified atom stereocenters. The maximum absolute atomic E-state index is 4.56. The molecule has 0 amide bonds. The first-order chi connectivity index (χ1) is 11.0. The predicted molar refractivity (Wildman–Crippen MR) is 94.3 cm³/mol. The zero-order valence-electron chi connectivity index (χ0n) is 13.8. The van der Waals surface area contributed by atoms with Crippen LogP contribution in [0.5, 0.6) is 0 Å². The lowest BCUT2D eigenvalue weighted by Crippen LogP contribution is -2.05. The van der Waals surface area contributed by atoms with Crippen LogP contribution in [0.4, 0.5) is 11.5 Å². The van der Waals surface area contributed by atoms with Gasteiger partial charge >= 0.3 is 0 Å². The Morgan fingerprint density at radius 3 is 2.70 bits per heavy atom. The van der Waals surface area contributed by atoms with Crippen LogP contribution in [0, 0.1) is 5.41 Å². The molecule has 3 aromatic rings. The fourth-order valence-electron chi connectivity index (χ4n) is 2.09. The van der Waals surface area contributed by atoms with E-state index in [1.807, 2.05) is 37.5 Å². The molecule has 0 saturated carbocycles. The topological polar surface area (TPSA) is 78.9 Å². The summed E-state index contributed by atoms with van der Waals surface area (Å²) in [4.78, 5) is 21.2. The van der Waals surface area contributed by atoms with E-state index in [1.165, 1.54) is 0 Å². The van der Waals surface area contributed by atoms with Gasteiger partial charge in [0.2, 0.25) is 0 Å². The maximum atomic E-state index is 4.56. The van der Waals surface area contributed by atoms with Crippen LogP contribution < -0.4 is 5.32 Å². The van der Waals surface area contributed by atoms with E-state index in [4.69, 9.17) is 0 Å². The minimum absolute atomic E-state index is 0.00760. The molecule has 6 heteroatoms. The van der Waals surface area contributed by atoms with Crippen LogP contribution >= 0.6 is 0 Å². The zero-order chi connectivity index (χ0) is 16.4. The van der Waals surface area contributed by atoms with E-state index in [0.29, 0.717) is 17.3 Å². The van der Waals surface area contributed by atoms with Gasteiger partial charge in [-0.05, 0) is 23.6 Å². The number of aromatic nitrogens is 4. The third-order valence-electron chi connectivity index (χ3n) is 3.20. The van der Waals surface area contributed by atoms with Gasteiger partial charge < -0.3 is 10.3 Å². The quantitative estimate of drug-likeness (QED) is 0.721. The first-order valence-electron chi connectivity index (χ1n) is 7.51. The van der Waals surface area contributed by atoms with E-state index in [0.717, 1.165) is 16.9 Å². The zero-order valence-corrected chi connectivity index (χ0v) is 13.8. The third kappa shape index (κ3) is 3.36. The molecular formula is C17H20N6. The van der Waals surface area contributed by atoms with Gasteiger partial charge in [-0.25, -0.2) is 15.0 Å². The highest BCUT2D eigenvalue weighted by molar-refractivity contribution is 5.84. The second-order valence-corrected chi connectivity index (χ2v) is 6.41. The Morgan fingerprint density at radius 2 is 2.04 bits per heavy atom. The fourth-order valence-corrected chi connectivity index (χ4v) is 2.09. The molecule has 0 aliphatic heterocycles. The molecule has 3 aromatic heterocycles. The van der Waals surface area contributed by atoms with Crippen LogP contribution in [0.15, 0.2) is 35.5 Å².